The van der Waals surface area contributed by atoms with Crippen LogP contribution in [0, 0.1) is 0 Å². The molecule has 25 heavy (non-hydrogen) atoms. The lowest BCUT2D eigenvalue weighted by Crippen LogP contribution is -2.38. The topological polar surface area (TPSA) is 67.4 Å². The maximum absolute atomic E-state index is 12.4. The van der Waals surface area contributed by atoms with Gasteiger partial charge in [-0.1, -0.05) is 42.5 Å². The van der Waals surface area contributed by atoms with Crippen molar-refractivity contribution >= 4 is 11.8 Å². The summed E-state index contributed by atoms with van der Waals surface area (Å²) in [4.78, 5) is 24.0. The molecule has 2 N–H and O–H groups in total. The van der Waals surface area contributed by atoms with Crippen molar-refractivity contribution in [3.63, 3.8) is 0 Å². The third kappa shape index (κ3) is 5.56. The number of benzene rings is 2. The summed E-state index contributed by atoms with van der Waals surface area (Å²) in [5.41, 5.74) is 0.865. The third-order valence-electron chi connectivity index (χ3n) is 3.43. The molecule has 0 radical (unpaired) electrons. The minimum atomic E-state index is -3.04. The summed E-state index contributed by atoms with van der Waals surface area (Å²) in [6.07, 6.45) is 0. The first-order valence-electron chi connectivity index (χ1n) is 7.63. The molecule has 5 nitrogen and oxygen atoms in total. The van der Waals surface area contributed by atoms with Gasteiger partial charge in [-0.05, 0) is 24.6 Å². The number of carbonyl (C=O) groups excluding carboxylic acids is 2. The monoisotopic (exact) mass is 348 g/mol. The summed E-state index contributed by atoms with van der Waals surface area (Å²) >= 11 is 0. The van der Waals surface area contributed by atoms with E-state index in [1.165, 1.54) is 24.3 Å². The van der Waals surface area contributed by atoms with E-state index in [9.17, 15) is 18.4 Å². The van der Waals surface area contributed by atoms with Gasteiger partial charge in [-0.2, -0.15) is 8.78 Å². The molecule has 0 heterocycles. The zero-order chi connectivity index (χ0) is 18.2. The molecule has 2 aromatic rings. The zero-order valence-electron chi connectivity index (χ0n) is 13.5. The second-order valence-corrected chi connectivity index (χ2v) is 5.26. The molecule has 0 saturated heterocycles. The van der Waals surface area contributed by atoms with Gasteiger partial charge in [-0.15, -0.1) is 0 Å². The van der Waals surface area contributed by atoms with E-state index in [1.807, 2.05) is 37.3 Å². The van der Waals surface area contributed by atoms with E-state index >= 15 is 0 Å². The van der Waals surface area contributed by atoms with Crippen LogP contribution in [0.15, 0.2) is 54.6 Å². The number of amides is 2. The maximum atomic E-state index is 12.4. The fraction of sp³-hybridized carbons (Fsp3) is 0.222. The highest BCUT2D eigenvalue weighted by Crippen LogP contribution is 2.20. The lowest BCUT2D eigenvalue weighted by molar-refractivity contribution is -0.120. The number of alkyl halides is 2. The summed E-state index contributed by atoms with van der Waals surface area (Å²) < 4.78 is 29.0. The van der Waals surface area contributed by atoms with Crippen LogP contribution in [0.1, 0.15) is 28.9 Å². The average Bonchev–Trinajstić information content (AvgIpc) is 2.60. The van der Waals surface area contributed by atoms with Crippen LogP contribution >= 0.6 is 0 Å². The van der Waals surface area contributed by atoms with Crippen molar-refractivity contribution < 1.29 is 23.1 Å². The average molecular weight is 348 g/mol. The fourth-order valence-corrected chi connectivity index (χ4v) is 2.23. The number of para-hydroxylation sites is 1. The second kappa shape index (κ2) is 8.77. The Labute approximate surface area is 144 Å². The molecule has 1 unspecified atom stereocenters. The van der Waals surface area contributed by atoms with Gasteiger partial charge >= 0.3 is 6.61 Å². The molecule has 132 valence electrons. The Morgan fingerprint density at radius 2 is 1.68 bits per heavy atom. The van der Waals surface area contributed by atoms with Crippen molar-refractivity contribution in [3.05, 3.63) is 65.7 Å². The fourth-order valence-electron chi connectivity index (χ4n) is 2.23. The van der Waals surface area contributed by atoms with Crippen molar-refractivity contribution in [1.29, 1.82) is 0 Å². The van der Waals surface area contributed by atoms with E-state index in [4.69, 9.17) is 0 Å². The molecule has 2 aromatic carbocycles. The van der Waals surface area contributed by atoms with Gasteiger partial charge in [0.25, 0.3) is 5.91 Å². The number of nitrogens with one attached hydrogen (secondary N) is 2. The molecule has 0 fully saturated rings. The maximum Gasteiger partial charge on any atom is 0.387 e. The van der Waals surface area contributed by atoms with E-state index in [0.29, 0.717) is 0 Å². The normalized spacial score (nSPS) is 11.7. The standard InChI is InChI=1S/C18H18F2N2O3/c1-12(13-7-3-2-4-8-13)22-16(23)11-21-17(24)14-9-5-6-10-15(14)25-18(19)20/h2-10,12,18H,11H2,1H3,(H,21,24)(H,22,23). The summed E-state index contributed by atoms with van der Waals surface area (Å²) in [5.74, 6) is -1.30. The van der Waals surface area contributed by atoms with Crippen LogP contribution in [0.4, 0.5) is 8.78 Å². The molecular formula is C18H18F2N2O3. The van der Waals surface area contributed by atoms with Crippen molar-refractivity contribution in [3.8, 4) is 5.75 Å². The second-order valence-electron chi connectivity index (χ2n) is 5.26. The van der Waals surface area contributed by atoms with Crippen molar-refractivity contribution in [1.82, 2.24) is 10.6 Å². The number of halogens is 2. The molecule has 0 bridgehead atoms. The molecule has 0 aliphatic rings. The molecule has 7 heteroatoms. The zero-order valence-corrected chi connectivity index (χ0v) is 13.5. The van der Waals surface area contributed by atoms with Gasteiger partial charge in [-0.3, -0.25) is 9.59 Å². The predicted molar refractivity (Wildman–Crippen MR) is 88.4 cm³/mol. The van der Waals surface area contributed by atoms with Crippen LogP contribution in [0.5, 0.6) is 5.75 Å². The lowest BCUT2D eigenvalue weighted by atomic mass is 10.1. The minimum absolute atomic E-state index is 0.0632. The third-order valence-corrected chi connectivity index (χ3v) is 3.43. The van der Waals surface area contributed by atoms with E-state index in [2.05, 4.69) is 15.4 Å². The van der Waals surface area contributed by atoms with Crippen molar-refractivity contribution in [2.24, 2.45) is 0 Å². The Bertz CT molecular complexity index is 723. The first-order chi connectivity index (χ1) is 12.0. The van der Waals surface area contributed by atoms with Crippen molar-refractivity contribution in [2.45, 2.75) is 19.6 Å². The smallest absolute Gasteiger partial charge is 0.387 e. The summed E-state index contributed by atoms with van der Waals surface area (Å²) in [5, 5.41) is 5.14. The quantitative estimate of drug-likeness (QED) is 0.808. The molecule has 0 saturated carbocycles. The van der Waals surface area contributed by atoms with Crippen LogP contribution in [-0.4, -0.2) is 25.0 Å². The van der Waals surface area contributed by atoms with E-state index in [1.54, 1.807) is 0 Å². The van der Waals surface area contributed by atoms with Gasteiger partial charge in [0.05, 0.1) is 18.2 Å². The van der Waals surface area contributed by atoms with Crippen LogP contribution in [0.2, 0.25) is 0 Å². The van der Waals surface area contributed by atoms with Crippen LogP contribution in [0.3, 0.4) is 0 Å². The SMILES string of the molecule is CC(NC(=O)CNC(=O)c1ccccc1OC(F)F)c1ccccc1. The van der Waals surface area contributed by atoms with E-state index in [-0.39, 0.29) is 23.9 Å². The summed E-state index contributed by atoms with van der Waals surface area (Å²) in [7, 11) is 0. The van der Waals surface area contributed by atoms with Gasteiger partial charge in [0.2, 0.25) is 5.91 Å². The molecule has 0 aromatic heterocycles. The van der Waals surface area contributed by atoms with Gasteiger partial charge in [0, 0.05) is 0 Å². The first-order valence-corrected chi connectivity index (χ1v) is 7.63. The minimum Gasteiger partial charge on any atom is -0.434 e. The van der Waals surface area contributed by atoms with E-state index < -0.39 is 18.4 Å². The largest absolute Gasteiger partial charge is 0.434 e. The highest BCUT2D eigenvalue weighted by atomic mass is 19.3. The molecular weight excluding hydrogens is 330 g/mol. The van der Waals surface area contributed by atoms with Crippen LogP contribution in [0.25, 0.3) is 0 Å². The summed E-state index contributed by atoms with van der Waals surface area (Å²) in [6.45, 7) is -1.50. The first kappa shape index (κ1) is 18.4. The number of hydrogen-bond acceptors (Lipinski definition) is 3. The summed E-state index contributed by atoms with van der Waals surface area (Å²) in [6, 6.07) is 14.7. The molecule has 2 amide bonds. The number of ether oxygens (including phenoxy) is 1. The van der Waals surface area contributed by atoms with Gasteiger partial charge < -0.3 is 15.4 Å². The Kier molecular flexibility index (Phi) is 6.45. The number of carbonyl (C=O) groups is 2. The lowest BCUT2D eigenvalue weighted by Gasteiger charge is -2.15. The van der Waals surface area contributed by atoms with Gasteiger partial charge in [0.15, 0.2) is 0 Å². The number of rotatable bonds is 7. The molecule has 2 rings (SSSR count). The van der Waals surface area contributed by atoms with Gasteiger partial charge in [0.1, 0.15) is 5.75 Å². The highest BCUT2D eigenvalue weighted by molar-refractivity contribution is 5.98. The van der Waals surface area contributed by atoms with Crippen LogP contribution < -0.4 is 15.4 Å². The molecule has 0 aliphatic heterocycles. The predicted octanol–water partition coefficient (Wildman–Crippen LogP) is 2.90. The Balaban J connectivity index is 1.90. The number of hydrogen-bond donors (Lipinski definition) is 2. The Morgan fingerprint density at radius 3 is 2.36 bits per heavy atom. The highest BCUT2D eigenvalue weighted by Gasteiger charge is 2.16. The molecule has 1 atom stereocenters. The van der Waals surface area contributed by atoms with E-state index in [0.717, 1.165) is 5.56 Å². The van der Waals surface area contributed by atoms with Gasteiger partial charge in [-0.25, -0.2) is 0 Å². The molecule has 0 aliphatic carbocycles. The van der Waals surface area contributed by atoms with Crippen LogP contribution in [-0.2, 0) is 4.79 Å². The Morgan fingerprint density at radius 1 is 1.04 bits per heavy atom. The van der Waals surface area contributed by atoms with Crippen molar-refractivity contribution in [2.75, 3.05) is 6.54 Å². The Hall–Kier alpha value is -2.96. The molecule has 0 spiro atoms.